The summed E-state index contributed by atoms with van der Waals surface area (Å²) in [5.41, 5.74) is 3.77. The number of hydrogen-bond acceptors (Lipinski definition) is 7. The van der Waals surface area contributed by atoms with Crippen molar-refractivity contribution in [3.63, 3.8) is 0 Å². The number of hydrogen-bond donors (Lipinski definition) is 4. The van der Waals surface area contributed by atoms with E-state index >= 15 is 0 Å². The smallest absolute Gasteiger partial charge is 0.249 e. The van der Waals surface area contributed by atoms with E-state index in [4.69, 9.17) is 0 Å². The molecule has 3 rings (SSSR count). The Labute approximate surface area is 265 Å². The van der Waals surface area contributed by atoms with Crippen molar-refractivity contribution in [1.29, 1.82) is 0 Å². The van der Waals surface area contributed by atoms with Gasteiger partial charge in [-0.05, 0) is 105 Å². The number of allylic oxidation sites excluding steroid dienone is 2. The van der Waals surface area contributed by atoms with Crippen LogP contribution in [0.15, 0.2) is 56.8 Å². The minimum Gasteiger partial charge on any atom is -0.392 e. The summed E-state index contributed by atoms with van der Waals surface area (Å²) < 4.78 is 0. The lowest BCUT2D eigenvalue weighted by molar-refractivity contribution is -0.124. The molecule has 2 amide bonds. The first-order chi connectivity index (χ1) is 20.7. The highest BCUT2D eigenvalue weighted by Crippen LogP contribution is 2.40. The number of fused-ring (bicyclic) bond motifs is 1. The summed E-state index contributed by atoms with van der Waals surface area (Å²) in [7, 11) is 0. The second-order valence-corrected chi connectivity index (χ2v) is 13.3. The number of carbonyl (C=O) groups is 2. The van der Waals surface area contributed by atoms with Crippen molar-refractivity contribution in [1.82, 2.24) is 15.5 Å². The molecule has 1 aliphatic heterocycles. The van der Waals surface area contributed by atoms with Crippen molar-refractivity contribution in [3.8, 4) is 0 Å². The molecule has 9 heteroatoms. The summed E-state index contributed by atoms with van der Waals surface area (Å²) in [5, 5.41) is 25.1. The van der Waals surface area contributed by atoms with E-state index in [2.05, 4.69) is 45.6 Å². The Morgan fingerprint density at radius 1 is 0.886 bits per heavy atom. The van der Waals surface area contributed by atoms with Crippen LogP contribution in [0.4, 0.5) is 0 Å². The Hall–Kier alpha value is -3.04. The predicted molar refractivity (Wildman–Crippen MR) is 180 cm³/mol. The summed E-state index contributed by atoms with van der Waals surface area (Å²) in [5.74, 6) is -0.205. The number of nitrogens with zero attached hydrogens (tertiary/aromatic N) is 3. The van der Waals surface area contributed by atoms with Crippen molar-refractivity contribution in [2.24, 2.45) is 33.7 Å². The van der Waals surface area contributed by atoms with Gasteiger partial charge in [-0.1, -0.05) is 12.2 Å². The zero-order chi connectivity index (χ0) is 33.1. The van der Waals surface area contributed by atoms with Gasteiger partial charge < -0.3 is 25.7 Å². The van der Waals surface area contributed by atoms with Crippen LogP contribution in [0.25, 0.3) is 0 Å². The van der Waals surface area contributed by atoms with Crippen LogP contribution in [0.2, 0.25) is 0 Å². The highest BCUT2D eigenvalue weighted by atomic mass is 16.3. The molecule has 246 valence electrons. The molecule has 9 nitrogen and oxygen atoms in total. The van der Waals surface area contributed by atoms with Crippen LogP contribution in [0, 0.1) is 23.7 Å². The molecule has 0 aromatic rings. The van der Waals surface area contributed by atoms with Gasteiger partial charge in [0.1, 0.15) is 0 Å². The average molecular weight is 612 g/mol. The summed E-state index contributed by atoms with van der Waals surface area (Å²) in [6.45, 7) is 20.1. The molecule has 2 aliphatic carbocycles. The number of amides is 2. The van der Waals surface area contributed by atoms with Gasteiger partial charge in [-0.3, -0.25) is 19.6 Å². The first-order valence-electron chi connectivity index (χ1n) is 16.2. The first-order valence-corrected chi connectivity index (χ1v) is 16.2. The molecule has 1 heterocycles. The third-order valence-electron chi connectivity index (χ3n) is 7.76. The van der Waals surface area contributed by atoms with E-state index < -0.39 is 0 Å². The van der Waals surface area contributed by atoms with E-state index in [-0.39, 0.29) is 78.9 Å². The van der Waals surface area contributed by atoms with Crippen LogP contribution in [0.5, 0.6) is 0 Å². The van der Waals surface area contributed by atoms with E-state index in [0.717, 1.165) is 35.1 Å². The number of carbonyl (C=O) groups excluding carboxylic acids is 2. The van der Waals surface area contributed by atoms with Crippen molar-refractivity contribution >= 4 is 24.2 Å². The summed E-state index contributed by atoms with van der Waals surface area (Å²) in [6.07, 6.45) is 13.3. The molecule has 0 aromatic carbocycles. The Bertz CT molecular complexity index is 1160. The Balaban J connectivity index is 0.000000311. The van der Waals surface area contributed by atoms with Gasteiger partial charge in [0.15, 0.2) is 0 Å². The molecule has 3 aliphatic rings. The molecule has 44 heavy (non-hydrogen) atoms. The zero-order valence-electron chi connectivity index (χ0n) is 28.5. The third kappa shape index (κ3) is 10.5. The van der Waals surface area contributed by atoms with E-state index in [1.165, 1.54) is 0 Å². The lowest BCUT2D eigenvalue weighted by Gasteiger charge is -2.31. The molecule has 0 bridgehead atoms. The number of aliphatic hydroxyl groups is 2. The zero-order valence-corrected chi connectivity index (χ0v) is 28.5. The molecule has 4 unspecified atom stereocenters. The van der Waals surface area contributed by atoms with E-state index in [9.17, 15) is 19.8 Å². The van der Waals surface area contributed by atoms with Crippen LogP contribution < -0.4 is 10.6 Å². The molecule has 0 fully saturated rings. The number of aliphatic hydroxyl groups excluding tert-OH is 2. The third-order valence-corrected chi connectivity index (χ3v) is 7.76. The largest absolute Gasteiger partial charge is 0.392 e. The minimum absolute atomic E-state index is 0.00469. The molecule has 0 aromatic heterocycles. The fourth-order valence-corrected chi connectivity index (χ4v) is 5.54. The normalized spacial score (nSPS) is 22.4. The Morgan fingerprint density at radius 3 is 2.05 bits per heavy atom. The molecule has 0 radical (unpaired) electrons. The van der Waals surface area contributed by atoms with Crippen molar-refractivity contribution < 1.29 is 19.8 Å². The molecule has 4 atom stereocenters. The molecule has 4 N–H and O–H groups in total. The SMILES string of the molecule is CC(C)N=CC(C(=O)NC(C)C)C1CC=C(CO)C1C=NC(C)C.CC(C)NC(=O)C1=CN(C(C)C)C=C2C(CO)=CCC12. The lowest BCUT2D eigenvalue weighted by Crippen LogP contribution is -2.41. The van der Waals surface area contributed by atoms with Gasteiger partial charge in [-0.2, -0.15) is 0 Å². The fraction of sp³-hybridized carbons (Fsp3) is 0.657. The number of nitrogens with one attached hydrogen (secondary N) is 2. The summed E-state index contributed by atoms with van der Waals surface area (Å²) >= 11 is 0. The molecule has 0 spiro atoms. The first kappa shape index (κ1) is 37.1. The lowest BCUT2D eigenvalue weighted by atomic mass is 9.81. The standard InChI is InChI=1S/C19H33N3O2.C16H24N2O2/c1-12(2)20-9-17-15(11-23)7-8-16(17)18(10-21-13(3)4)19(24)22-14(5)6;1-10(2)17-16(20)15-8-18(11(3)4)7-14-12(9-19)5-6-13(14)15/h7,9-10,12-14,16-18,23H,8,11H2,1-6H3,(H,22,24);5,7-8,10-11,13,19H,6,9H2,1-4H3,(H,17,20). The number of rotatable bonds is 12. The minimum atomic E-state index is -0.321. The van der Waals surface area contributed by atoms with Gasteiger partial charge in [0.05, 0.1) is 19.1 Å². The molecule has 0 saturated heterocycles. The highest BCUT2D eigenvalue weighted by molar-refractivity contribution is 5.95. The van der Waals surface area contributed by atoms with Crippen molar-refractivity contribution in [2.45, 2.75) is 112 Å². The van der Waals surface area contributed by atoms with E-state index in [1.54, 1.807) is 6.21 Å². The van der Waals surface area contributed by atoms with E-state index in [1.807, 2.05) is 80.0 Å². The quantitative estimate of drug-likeness (QED) is 0.190. The molecule has 0 saturated carbocycles. The maximum atomic E-state index is 12.7. The topological polar surface area (TPSA) is 127 Å². The summed E-state index contributed by atoms with van der Waals surface area (Å²) in [4.78, 5) is 36.1. The van der Waals surface area contributed by atoms with Crippen LogP contribution in [-0.2, 0) is 9.59 Å². The second-order valence-electron chi connectivity index (χ2n) is 13.3. The Morgan fingerprint density at radius 2 is 1.52 bits per heavy atom. The van der Waals surface area contributed by atoms with Crippen molar-refractivity contribution in [3.05, 3.63) is 46.8 Å². The fourth-order valence-electron chi connectivity index (χ4n) is 5.54. The predicted octanol–water partition coefficient (Wildman–Crippen LogP) is 4.58. The van der Waals surface area contributed by atoms with Crippen molar-refractivity contribution in [2.75, 3.05) is 13.2 Å². The van der Waals surface area contributed by atoms with Gasteiger partial charge in [0.25, 0.3) is 0 Å². The average Bonchev–Trinajstić information content (AvgIpc) is 3.54. The monoisotopic (exact) mass is 611 g/mol. The molecular weight excluding hydrogens is 554 g/mol. The maximum absolute atomic E-state index is 12.7. The molecular formula is C35H57N5O4. The Kier molecular flexibility index (Phi) is 14.7. The number of aliphatic imine (C=N–C) groups is 2. The van der Waals surface area contributed by atoms with Gasteiger partial charge in [0.2, 0.25) is 11.8 Å². The maximum Gasteiger partial charge on any atom is 0.249 e. The van der Waals surface area contributed by atoms with Gasteiger partial charge >= 0.3 is 0 Å². The van der Waals surface area contributed by atoms with Crippen LogP contribution >= 0.6 is 0 Å². The van der Waals surface area contributed by atoms with Crippen LogP contribution in [0.1, 0.15) is 82.1 Å². The highest BCUT2D eigenvalue weighted by Gasteiger charge is 2.37. The van der Waals surface area contributed by atoms with Crippen LogP contribution in [-0.4, -0.2) is 82.8 Å². The summed E-state index contributed by atoms with van der Waals surface area (Å²) in [6, 6.07) is 0.831. The second kappa shape index (κ2) is 17.4. The van der Waals surface area contributed by atoms with Gasteiger partial charge in [-0.25, -0.2) is 0 Å². The van der Waals surface area contributed by atoms with E-state index in [0.29, 0.717) is 0 Å². The van der Waals surface area contributed by atoms with Crippen LogP contribution in [0.3, 0.4) is 0 Å². The van der Waals surface area contributed by atoms with Gasteiger partial charge in [0, 0.05) is 72.4 Å². The van der Waals surface area contributed by atoms with Gasteiger partial charge in [-0.15, -0.1) is 0 Å².